The molecule has 6 heteroatoms. The van der Waals surface area contributed by atoms with Gasteiger partial charge in [-0.05, 0) is 30.7 Å². The van der Waals surface area contributed by atoms with Crippen LogP contribution in [0.15, 0.2) is 54.6 Å². The molecule has 2 aromatic carbocycles. The summed E-state index contributed by atoms with van der Waals surface area (Å²) in [6, 6.07) is 15.9. The highest BCUT2D eigenvalue weighted by Gasteiger charge is 2.34. The maximum atomic E-state index is 12.6. The van der Waals surface area contributed by atoms with Crippen LogP contribution in [0.1, 0.15) is 6.42 Å². The van der Waals surface area contributed by atoms with Gasteiger partial charge >= 0.3 is 0 Å². The molecule has 0 unspecified atom stereocenters. The van der Waals surface area contributed by atoms with Gasteiger partial charge in [-0.25, -0.2) is 0 Å². The second-order valence-corrected chi connectivity index (χ2v) is 5.67. The molecule has 1 aliphatic rings. The Morgan fingerprint density at radius 1 is 1.16 bits per heavy atom. The number of ether oxygens (including phenoxy) is 2. The van der Waals surface area contributed by atoms with E-state index in [0.717, 1.165) is 0 Å². The van der Waals surface area contributed by atoms with E-state index in [-0.39, 0.29) is 18.4 Å². The second-order valence-electron chi connectivity index (χ2n) is 5.67. The molecule has 1 fully saturated rings. The Bertz CT molecular complexity index is 748. The first-order valence-electron chi connectivity index (χ1n) is 8.10. The quantitative estimate of drug-likeness (QED) is 0.873. The van der Waals surface area contributed by atoms with Crippen LogP contribution < -0.4 is 19.7 Å². The van der Waals surface area contributed by atoms with E-state index in [2.05, 4.69) is 5.32 Å². The maximum Gasteiger partial charge on any atom is 0.258 e. The van der Waals surface area contributed by atoms with Crippen LogP contribution in [-0.4, -0.2) is 38.1 Å². The summed E-state index contributed by atoms with van der Waals surface area (Å²) in [4.78, 5) is 26.3. The summed E-state index contributed by atoms with van der Waals surface area (Å²) in [6.07, 6.45) is 0.550. The minimum Gasteiger partial charge on any atom is -0.495 e. The van der Waals surface area contributed by atoms with Crippen LogP contribution in [0.4, 0.5) is 5.69 Å². The number of methoxy groups -OCH3 is 1. The third kappa shape index (κ3) is 3.91. The summed E-state index contributed by atoms with van der Waals surface area (Å²) >= 11 is 0. The average Bonchev–Trinajstić information content (AvgIpc) is 3.01. The number of hydrogen-bond donors (Lipinski definition) is 1. The maximum absolute atomic E-state index is 12.6. The van der Waals surface area contributed by atoms with Crippen LogP contribution in [0.2, 0.25) is 0 Å². The van der Waals surface area contributed by atoms with Crippen LogP contribution in [0.5, 0.6) is 11.5 Å². The molecule has 1 aliphatic heterocycles. The van der Waals surface area contributed by atoms with Crippen LogP contribution in [0.3, 0.4) is 0 Å². The zero-order valence-electron chi connectivity index (χ0n) is 14.0. The van der Waals surface area contributed by atoms with E-state index in [1.54, 1.807) is 24.1 Å². The van der Waals surface area contributed by atoms with Gasteiger partial charge in [0, 0.05) is 6.54 Å². The molecule has 1 saturated heterocycles. The molecular formula is C19H20N2O4. The van der Waals surface area contributed by atoms with Crippen molar-refractivity contribution in [2.75, 3.05) is 25.2 Å². The molecule has 0 saturated carbocycles. The predicted octanol–water partition coefficient (Wildman–Crippen LogP) is 2.00. The Hall–Kier alpha value is -3.02. The van der Waals surface area contributed by atoms with E-state index in [9.17, 15) is 9.59 Å². The normalized spacial score (nSPS) is 16.6. The van der Waals surface area contributed by atoms with Gasteiger partial charge in [0.1, 0.15) is 17.5 Å². The standard InChI is InChI=1S/C19H20N2O4/c1-24-17-10-6-5-9-16(17)21-12-11-15(19(21)23)20-18(22)13-25-14-7-3-2-4-8-14/h2-10,15H,11-13H2,1H3,(H,20,22)/t15-/m1/s1. The lowest BCUT2D eigenvalue weighted by atomic mass is 10.2. The molecule has 2 aromatic rings. The van der Waals surface area contributed by atoms with Gasteiger partial charge in [0.2, 0.25) is 5.91 Å². The van der Waals surface area contributed by atoms with Gasteiger partial charge in [0.05, 0.1) is 12.8 Å². The second kappa shape index (κ2) is 7.70. The van der Waals surface area contributed by atoms with Crippen LogP contribution in [0.25, 0.3) is 0 Å². The number of nitrogens with zero attached hydrogens (tertiary/aromatic N) is 1. The van der Waals surface area contributed by atoms with E-state index in [1.807, 2.05) is 42.5 Å². The van der Waals surface area contributed by atoms with Gasteiger partial charge in [0.15, 0.2) is 6.61 Å². The van der Waals surface area contributed by atoms with E-state index >= 15 is 0 Å². The Labute approximate surface area is 146 Å². The van der Waals surface area contributed by atoms with E-state index in [1.165, 1.54) is 0 Å². The number of para-hydroxylation sites is 3. The fourth-order valence-corrected chi connectivity index (χ4v) is 2.81. The minimum atomic E-state index is -0.545. The van der Waals surface area contributed by atoms with Crippen molar-refractivity contribution in [1.82, 2.24) is 5.32 Å². The SMILES string of the molecule is COc1ccccc1N1CC[C@@H](NC(=O)COc2ccccc2)C1=O. The topological polar surface area (TPSA) is 67.9 Å². The monoisotopic (exact) mass is 340 g/mol. The largest absolute Gasteiger partial charge is 0.495 e. The zero-order chi connectivity index (χ0) is 17.6. The lowest BCUT2D eigenvalue weighted by molar-refractivity contribution is -0.127. The fourth-order valence-electron chi connectivity index (χ4n) is 2.81. The smallest absolute Gasteiger partial charge is 0.258 e. The molecule has 130 valence electrons. The molecule has 0 bridgehead atoms. The Morgan fingerprint density at radius 3 is 2.64 bits per heavy atom. The molecule has 0 aromatic heterocycles. The number of benzene rings is 2. The highest BCUT2D eigenvalue weighted by molar-refractivity contribution is 6.02. The minimum absolute atomic E-state index is 0.123. The van der Waals surface area contributed by atoms with Gasteiger partial charge in [-0.1, -0.05) is 30.3 Å². The number of amides is 2. The molecule has 0 radical (unpaired) electrons. The van der Waals surface area contributed by atoms with Gasteiger partial charge in [0.25, 0.3) is 5.91 Å². The molecule has 0 spiro atoms. The van der Waals surface area contributed by atoms with Gasteiger partial charge < -0.3 is 19.7 Å². The number of hydrogen-bond acceptors (Lipinski definition) is 4. The number of rotatable bonds is 6. The molecule has 1 N–H and O–H groups in total. The van der Waals surface area contributed by atoms with Crippen molar-refractivity contribution in [3.63, 3.8) is 0 Å². The highest BCUT2D eigenvalue weighted by Crippen LogP contribution is 2.30. The van der Waals surface area contributed by atoms with E-state index in [0.29, 0.717) is 30.2 Å². The molecule has 6 nitrogen and oxygen atoms in total. The van der Waals surface area contributed by atoms with Gasteiger partial charge in [-0.2, -0.15) is 0 Å². The first-order chi connectivity index (χ1) is 12.2. The summed E-state index contributed by atoms with van der Waals surface area (Å²) in [5, 5.41) is 2.74. The molecule has 0 aliphatic carbocycles. The molecule has 25 heavy (non-hydrogen) atoms. The summed E-state index contributed by atoms with van der Waals surface area (Å²) in [5.41, 5.74) is 0.715. The molecule has 1 atom stereocenters. The van der Waals surface area contributed by atoms with Crippen molar-refractivity contribution in [3.8, 4) is 11.5 Å². The number of nitrogens with one attached hydrogen (secondary N) is 1. The zero-order valence-corrected chi connectivity index (χ0v) is 14.0. The number of carbonyl (C=O) groups excluding carboxylic acids is 2. The van der Waals surface area contributed by atoms with Crippen molar-refractivity contribution < 1.29 is 19.1 Å². The molecule has 2 amide bonds. The number of carbonyl (C=O) groups is 2. The van der Waals surface area contributed by atoms with E-state index < -0.39 is 6.04 Å². The van der Waals surface area contributed by atoms with Crippen molar-refractivity contribution >= 4 is 17.5 Å². The fraction of sp³-hybridized carbons (Fsp3) is 0.263. The van der Waals surface area contributed by atoms with Gasteiger partial charge in [-0.3, -0.25) is 9.59 Å². The average molecular weight is 340 g/mol. The molecule has 3 rings (SSSR count). The lowest BCUT2D eigenvalue weighted by Gasteiger charge is -2.19. The Balaban J connectivity index is 1.57. The first kappa shape index (κ1) is 16.8. The van der Waals surface area contributed by atoms with Crippen molar-refractivity contribution in [3.05, 3.63) is 54.6 Å². The van der Waals surface area contributed by atoms with Crippen molar-refractivity contribution in [2.45, 2.75) is 12.5 Å². The summed E-state index contributed by atoms with van der Waals surface area (Å²) in [6.45, 7) is 0.409. The summed E-state index contributed by atoms with van der Waals surface area (Å²) < 4.78 is 10.7. The third-order valence-corrected chi connectivity index (χ3v) is 4.03. The van der Waals surface area contributed by atoms with Crippen LogP contribution in [0, 0.1) is 0 Å². The molecule has 1 heterocycles. The predicted molar refractivity (Wildman–Crippen MR) is 93.8 cm³/mol. The Morgan fingerprint density at radius 2 is 1.88 bits per heavy atom. The van der Waals surface area contributed by atoms with Gasteiger partial charge in [-0.15, -0.1) is 0 Å². The number of anilines is 1. The summed E-state index contributed by atoms with van der Waals surface area (Å²) in [5.74, 6) is 0.794. The molecular weight excluding hydrogens is 320 g/mol. The van der Waals surface area contributed by atoms with E-state index in [4.69, 9.17) is 9.47 Å². The summed E-state index contributed by atoms with van der Waals surface area (Å²) in [7, 11) is 1.57. The first-order valence-corrected chi connectivity index (χ1v) is 8.10. The third-order valence-electron chi connectivity index (χ3n) is 4.03. The highest BCUT2D eigenvalue weighted by atomic mass is 16.5. The van der Waals surface area contributed by atoms with Crippen molar-refractivity contribution in [1.29, 1.82) is 0 Å². The van der Waals surface area contributed by atoms with Crippen LogP contribution >= 0.6 is 0 Å². The Kier molecular flexibility index (Phi) is 5.18. The van der Waals surface area contributed by atoms with Crippen LogP contribution in [-0.2, 0) is 9.59 Å². The lowest BCUT2D eigenvalue weighted by Crippen LogP contribution is -2.43. The van der Waals surface area contributed by atoms with Crippen molar-refractivity contribution in [2.24, 2.45) is 0 Å².